The molecule has 2 aliphatic carbocycles. The van der Waals surface area contributed by atoms with Crippen LogP contribution in [0.4, 0.5) is 0 Å². The van der Waals surface area contributed by atoms with Gasteiger partial charge in [0.1, 0.15) is 4.90 Å². The first-order valence-electron chi connectivity index (χ1n) is 7.73. The zero-order valence-electron chi connectivity index (χ0n) is 12.1. The lowest BCUT2D eigenvalue weighted by Gasteiger charge is -2.15. The van der Waals surface area contributed by atoms with E-state index in [0.29, 0.717) is 25.4 Å². The molecule has 1 heterocycles. The molecular weight excluding hydrogens is 290 g/mol. The van der Waals surface area contributed by atoms with Crippen LogP contribution in [0.1, 0.15) is 32.1 Å². The van der Waals surface area contributed by atoms with Crippen LogP contribution in [0.3, 0.4) is 0 Å². The second kappa shape index (κ2) is 6.06. The quantitative estimate of drug-likeness (QED) is 0.712. The Morgan fingerprint density at radius 2 is 2.00 bits per heavy atom. The van der Waals surface area contributed by atoms with Crippen molar-refractivity contribution in [3.8, 4) is 0 Å². The molecule has 118 valence electrons. The highest BCUT2D eigenvalue weighted by atomic mass is 32.2. The number of aliphatic hydroxyl groups is 1. The van der Waals surface area contributed by atoms with Crippen LogP contribution in [0.25, 0.3) is 0 Å². The number of nitrogens with one attached hydrogen (secondary N) is 1. The number of aromatic nitrogens is 2. The van der Waals surface area contributed by atoms with Crippen molar-refractivity contribution in [3.63, 3.8) is 0 Å². The molecule has 0 amide bonds. The molecule has 2 saturated carbocycles. The van der Waals surface area contributed by atoms with Gasteiger partial charge in [0.2, 0.25) is 10.0 Å². The standard InChI is InChI=1S/C14H23N3O3S/c18-7-1-6-17-10-13(8-15-17)21(19,20)16-9-14(11-2-3-11)12-4-5-12/h8,10-12,14,16,18H,1-7,9H2. The average Bonchev–Trinajstić information content (AvgIpc) is 3.38. The van der Waals surface area contributed by atoms with Crippen LogP contribution in [0.2, 0.25) is 0 Å². The third kappa shape index (κ3) is 3.84. The highest BCUT2D eigenvalue weighted by molar-refractivity contribution is 7.89. The third-order valence-electron chi connectivity index (χ3n) is 4.43. The van der Waals surface area contributed by atoms with Crippen LogP contribution in [0.5, 0.6) is 0 Å². The Hall–Kier alpha value is -0.920. The Bertz CT molecular complexity index is 564. The minimum atomic E-state index is -3.47. The Labute approximate surface area is 125 Å². The summed E-state index contributed by atoms with van der Waals surface area (Å²) in [6, 6.07) is 0. The molecule has 2 N–H and O–H groups in total. The van der Waals surface area contributed by atoms with E-state index in [2.05, 4.69) is 9.82 Å². The third-order valence-corrected chi connectivity index (χ3v) is 5.81. The van der Waals surface area contributed by atoms with E-state index < -0.39 is 10.0 Å². The van der Waals surface area contributed by atoms with E-state index in [9.17, 15) is 8.42 Å². The minimum absolute atomic E-state index is 0.0741. The van der Waals surface area contributed by atoms with Gasteiger partial charge in [0.25, 0.3) is 0 Å². The fraction of sp³-hybridized carbons (Fsp3) is 0.786. The van der Waals surface area contributed by atoms with Gasteiger partial charge in [0.05, 0.1) is 6.20 Å². The van der Waals surface area contributed by atoms with Crippen molar-refractivity contribution < 1.29 is 13.5 Å². The Morgan fingerprint density at radius 1 is 1.33 bits per heavy atom. The van der Waals surface area contributed by atoms with E-state index in [4.69, 9.17) is 5.11 Å². The van der Waals surface area contributed by atoms with E-state index >= 15 is 0 Å². The molecule has 21 heavy (non-hydrogen) atoms. The van der Waals surface area contributed by atoms with Gasteiger partial charge in [-0.25, -0.2) is 13.1 Å². The predicted octanol–water partition coefficient (Wildman–Crippen LogP) is 0.980. The smallest absolute Gasteiger partial charge is 0.243 e. The molecule has 1 aromatic rings. The van der Waals surface area contributed by atoms with E-state index in [-0.39, 0.29) is 11.5 Å². The summed E-state index contributed by atoms with van der Waals surface area (Å²) < 4.78 is 28.9. The molecule has 0 aliphatic heterocycles. The molecule has 0 radical (unpaired) electrons. The number of aryl methyl sites for hydroxylation is 1. The molecule has 2 fully saturated rings. The summed E-state index contributed by atoms with van der Waals surface area (Å²) in [7, 11) is -3.47. The number of rotatable bonds is 9. The topological polar surface area (TPSA) is 84.2 Å². The van der Waals surface area contributed by atoms with Gasteiger partial charge in [-0.1, -0.05) is 0 Å². The van der Waals surface area contributed by atoms with Gasteiger partial charge in [0.15, 0.2) is 0 Å². The summed E-state index contributed by atoms with van der Waals surface area (Å²) in [4.78, 5) is 0.214. The van der Waals surface area contributed by atoms with Crippen LogP contribution in [0.15, 0.2) is 17.3 Å². The second-order valence-electron chi connectivity index (χ2n) is 6.21. The van der Waals surface area contributed by atoms with Gasteiger partial charge in [-0.2, -0.15) is 5.10 Å². The van der Waals surface area contributed by atoms with Crippen molar-refractivity contribution in [3.05, 3.63) is 12.4 Å². The van der Waals surface area contributed by atoms with Gasteiger partial charge in [-0.05, 0) is 49.9 Å². The van der Waals surface area contributed by atoms with Crippen molar-refractivity contribution in [2.75, 3.05) is 13.2 Å². The maximum absolute atomic E-state index is 12.3. The van der Waals surface area contributed by atoms with Crippen LogP contribution < -0.4 is 4.72 Å². The van der Waals surface area contributed by atoms with Gasteiger partial charge >= 0.3 is 0 Å². The monoisotopic (exact) mass is 313 g/mol. The summed E-state index contributed by atoms with van der Waals surface area (Å²) in [5.41, 5.74) is 0. The highest BCUT2D eigenvalue weighted by Crippen LogP contribution is 2.48. The predicted molar refractivity (Wildman–Crippen MR) is 78.1 cm³/mol. The van der Waals surface area contributed by atoms with Crippen LogP contribution in [-0.2, 0) is 16.6 Å². The summed E-state index contributed by atoms with van der Waals surface area (Å²) in [5, 5.41) is 12.8. The second-order valence-corrected chi connectivity index (χ2v) is 7.97. The van der Waals surface area contributed by atoms with E-state index in [1.54, 1.807) is 4.68 Å². The lowest BCUT2D eigenvalue weighted by Crippen LogP contribution is -2.31. The number of aliphatic hydroxyl groups excluding tert-OH is 1. The lowest BCUT2D eigenvalue weighted by molar-refractivity contribution is 0.277. The summed E-state index contributed by atoms with van der Waals surface area (Å²) in [6.45, 7) is 1.16. The van der Waals surface area contributed by atoms with Crippen LogP contribution in [-0.4, -0.2) is 36.5 Å². The molecule has 3 rings (SSSR count). The molecular formula is C14H23N3O3S. The fourth-order valence-electron chi connectivity index (χ4n) is 2.89. The first kappa shape index (κ1) is 15.0. The summed E-state index contributed by atoms with van der Waals surface area (Å²) in [6.07, 6.45) is 8.48. The summed E-state index contributed by atoms with van der Waals surface area (Å²) >= 11 is 0. The molecule has 0 saturated heterocycles. The molecule has 1 aromatic heterocycles. The van der Waals surface area contributed by atoms with Crippen molar-refractivity contribution in [1.82, 2.24) is 14.5 Å². The van der Waals surface area contributed by atoms with Gasteiger partial charge in [-0.15, -0.1) is 0 Å². The van der Waals surface area contributed by atoms with Gasteiger partial charge < -0.3 is 5.11 Å². The number of hydrogen-bond acceptors (Lipinski definition) is 4. The van der Waals surface area contributed by atoms with Crippen LogP contribution in [0, 0.1) is 17.8 Å². The molecule has 0 aromatic carbocycles. The maximum atomic E-state index is 12.3. The fourth-order valence-corrected chi connectivity index (χ4v) is 3.92. The normalized spacial score (nSPS) is 19.3. The van der Waals surface area contributed by atoms with E-state index in [0.717, 1.165) is 11.8 Å². The van der Waals surface area contributed by atoms with Crippen molar-refractivity contribution in [2.45, 2.75) is 43.5 Å². The SMILES string of the molecule is O=S(=O)(NCC(C1CC1)C1CC1)c1cnn(CCCO)c1. The van der Waals surface area contributed by atoms with Crippen molar-refractivity contribution in [2.24, 2.45) is 17.8 Å². The van der Waals surface area contributed by atoms with E-state index in [1.807, 2.05) is 0 Å². The highest BCUT2D eigenvalue weighted by Gasteiger charge is 2.41. The Morgan fingerprint density at radius 3 is 2.57 bits per heavy atom. The van der Waals surface area contributed by atoms with E-state index in [1.165, 1.54) is 38.1 Å². The zero-order chi connectivity index (χ0) is 14.9. The largest absolute Gasteiger partial charge is 0.396 e. The number of sulfonamides is 1. The first-order chi connectivity index (χ1) is 10.1. The lowest BCUT2D eigenvalue weighted by atomic mass is 9.99. The van der Waals surface area contributed by atoms with Crippen LogP contribution >= 0.6 is 0 Å². The maximum Gasteiger partial charge on any atom is 0.243 e. The molecule has 0 unspecified atom stereocenters. The molecule has 0 spiro atoms. The molecule has 0 bridgehead atoms. The van der Waals surface area contributed by atoms with Crippen molar-refractivity contribution in [1.29, 1.82) is 0 Å². The Kier molecular flexibility index (Phi) is 4.33. The number of hydrogen-bond donors (Lipinski definition) is 2. The minimum Gasteiger partial charge on any atom is -0.396 e. The first-order valence-corrected chi connectivity index (χ1v) is 9.21. The molecule has 0 atom stereocenters. The molecule has 6 nitrogen and oxygen atoms in total. The summed E-state index contributed by atoms with van der Waals surface area (Å²) in [5.74, 6) is 1.98. The Balaban J connectivity index is 1.58. The van der Waals surface area contributed by atoms with Crippen molar-refractivity contribution >= 4 is 10.0 Å². The number of nitrogens with zero attached hydrogens (tertiary/aromatic N) is 2. The molecule has 7 heteroatoms. The zero-order valence-corrected chi connectivity index (χ0v) is 12.9. The van der Waals surface area contributed by atoms with Gasteiger partial charge in [-0.3, -0.25) is 4.68 Å². The van der Waals surface area contributed by atoms with Gasteiger partial charge in [0, 0.05) is 25.9 Å². The average molecular weight is 313 g/mol. The molecule has 2 aliphatic rings.